The molecule has 0 aromatic heterocycles. The van der Waals surface area contributed by atoms with Crippen LogP contribution in [0.3, 0.4) is 0 Å². The minimum Gasteiger partial charge on any atom is -0.466 e. The van der Waals surface area contributed by atoms with Crippen molar-refractivity contribution in [2.24, 2.45) is 0 Å². The number of amides is 1. The highest BCUT2D eigenvalue weighted by atomic mass is 16.6. The standard InChI is InChI=1S/C18H17NO6/c1-23-17(21)11-7-15-16(13(20)8-14(11)25-15)19-12(9-24-18(19)22)10-5-3-2-4-6-10/h2-7,12,14-16H,8-9H2,1H3/t12-,14-,15-,16?/m0/s1. The fraction of sp³-hybridized carbons (Fsp3) is 0.389. The molecule has 4 atom stereocenters. The molecule has 3 heterocycles. The molecular weight excluding hydrogens is 326 g/mol. The molecule has 2 bridgehead atoms. The van der Waals surface area contributed by atoms with Gasteiger partial charge in [-0.2, -0.15) is 0 Å². The van der Waals surface area contributed by atoms with Crippen LogP contribution in [-0.2, 0) is 23.8 Å². The van der Waals surface area contributed by atoms with Crippen LogP contribution in [-0.4, -0.2) is 54.7 Å². The van der Waals surface area contributed by atoms with Crippen LogP contribution in [0.15, 0.2) is 42.0 Å². The third-order valence-electron chi connectivity index (χ3n) is 4.86. The smallest absolute Gasteiger partial charge is 0.411 e. The van der Waals surface area contributed by atoms with Crippen LogP contribution >= 0.6 is 0 Å². The van der Waals surface area contributed by atoms with Gasteiger partial charge in [0.1, 0.15) is 18.8 Å². The van der Waals surface area contributed by atoms with E-state index in [0.29, 0.717) is 5.57 Å². The Morgan fingerprint density at radius 1 is 1.24 bits per heavy atom. The molecule has 1 aromatic carbocycles. The molecule has 7 heteroatoms. The van der Waals surface area contributed by atoms with Crippen LogP contribution in [0.2, 0.25) is 0 Å². The minimum atomic E-state index is -0.807. The molecule has 0 spiro atoms. The Morgan fingerprint density at radius 3 is 2.72 bits per heavy atom. The number of cyclic esters (lactones) is 1. The summed E-state index contributed by atoms with van der Waals surface area (Å²) in [4.78, 5) is 38.3. The van der Waals surface area contributed by atoms with Gasteiger partial charge in [-0.3, -0.25) is 9.69 Å². The van der Waals surface area contributed by atoms with Crippen molar-refractivity contribution in [1.29, 1.82) is 0 Å². The topological polar surface area (TPSA) is 82.1 Å². The van der Waals surface area contributed by atoms with Crippen molar-refractivity contribution < 1.29 is 28.6 Å². The van der Waals surface area contributed by atoms with Crippen molar-refractivity contribution in [3.05, 3.63) is 47.5 Å². The molecule has 0 saturated carbocycles. The zero-order valence-corrected chi connectivity index (χ0v) is 13.6. The van der Waals surface area contributed by atoms with E-state index < -0.39 is 30.3 Å². The second-order valence-electron chi connectivity index (χ2n) is 6.23. The van der Waals surface area contributed by atoms with E-state index in [0.717, 1.165) is 5.56 Å². The number of methoxy groups -OCH3 is 1. The van der Waals surface area contributed by atoms with Gasteiger partial charge in [0.15, 0.2) is 5.78 Å². The number of benzene rings is 1. The lowest BCUT2D eigenvalue weighted by Crippen LogP contribution is -2.53. The number of carbonyl (C=O) groups is 3. The summed E-state index contributed by atoms with van der Waals surface area (Å²) in [7, 11) is 1.29. The average Bonchev–Trinajstić information content (AvgIpc) is 3.17. The Labute approximate surface area is 144 Å². The summed E-state index contributed by atoms with van der Waals surface area (Å²) < 4.78 is 15.7. The number of nitrogens with zero attached hydrogens (tertiary/aromatic N) is 1. The third kappa shape index (κ3) is 2.51. The van der Waals surface area contributed by atoms with Gasteiger partial charge in [0.2, 0.25) is 0 Å². The van der Waals surface area contributed by atoms with Gasteiger partial charge in [0, 0.05) is 6.42 Å². The molecule has 0 N–H and O–H groups in total. The summed E-state index contributed by atoms with van der Waals surface area (Å²) in [6.45, 7) is 0.177. The summed E-state index contributed by atoms with van der Waals surface area (Å²) in [5.41, 5.74) is 1.23. The van der Waals surface area contributed by atoms with Crippen molar-refractivity contribution in [3.63, 3.8) is 0 Å². The fourth-order valence-electron chi connectivity index (χ4n) is 3.70. The van der Waals surface area contributed by atoms with Gasteiger partial charge in [-0.05, 0) is 11.6 Å². The molecule has 2 fully saturated rings. The highest BCUT2D eigenvalue weighted by molar-refractivity contribution is 5.96. The molecule has 0 aliphatic carbocycles. The van der Waals surface area contributed by atoms with E-state index >= 15 is 0 Å². The van der Waals surface area contributed by atoms with Gasteiger partial charge < -0.3 is 14.2 Å². The van der Waals surface area contributed by atoms with Gasteiger partial charge in [0.05, 0.1) is 24.8 Å². The van der Waals surface area contributed by atoms with Gasteiger partial charge in [0.25, 0.3) is 0 Å². The zero-order valence-electron chi connectivity index (χ0n) is 13.6. The highest BCUT2D eigenvalue weighted by Gasteiger charge is 2.52. The van der Waals surface area contributed by atoms with Crippen LogP contribution in [0.1, 0.15) is 18.0 Å². The van der Waals surface area contributed by atoms with E-state index in [2.05, 4.69) is 0 Å². The molecule has 3 aliphatic rings. The largest absolute Gasteiger partial charge is 0.466 e. The van der Waals surface area contributed by atoms with Crippen molar-refractivity contribution in [2.75, 3.05) is 13.7 Å². The van der Waals surface area contributed by atoms with Crippen LogP contribution in [0, 0.1) is 0 Å². The Hall–Kier alpha value is -2.67. The normalized spacial score (nSPS) is 30.9. The third-order valence-corrected chi connectivity index (χ3v) is 4.86. The first-order chi connectivity index (χ1) is 12.1. The zero-order chi connectivity index (χ0) is 17.6. The molecule has 7 nitrogen and oxygen atoms in total. The van der Waals surface area contributed by atoms with E-state index in [1.807, 2.05) is 30.3 Å². The molecule has 3 aliphatic heterocycles. The lowest BCUT2D eigenvalue weighted by molar-refractivity contribution is -0.141. The van der Waals surface area contributed by atoms with E-state index in [-0.39, 0.29) is 24.9 Å². The maximum atomic E-state index is 12.7. The number of fused-ring (bicyclic) bond motifs is 2. The molecule has 25 heavy (non-hydrogen) atoms. The number of hydrogen-bond donors (Lipinski definition) is 0. The van der Waals surface area contributed by atoms with E-state index in [1.165, 1.54) is 12.0 Å². The molecule has 1 unspecified atom stereocenters. The first-order valence-electron chi connectivity index (χ1n) is 8.08. The first kappa shape index (κ1) is 15.8. The van der Waals surface area contributed by atoms with Crippen LogP contribution in [0.25, 0.3) is 0 Å². The second kappa shape index (κ2) is 6.00. The van der Waals surface area contributed by atoms with Gasteiger partial charge >= 0.3 is 12.1 Å². The number of ether oxygens (including phenoxy) is 3. The molecule has 1 aromatic rings. The molecule has 130 valence electrons. The maximum absolute atomic E-state index is 12.7. The summed E-state index contributed by atoms with van der Waals surface area (Å²) in [5.74, 6) is -0.652. The van der Waals surface area contributed by atoms with Crippen molar-refractivity contribution >= 4 is 17.8 Å². The molecule has 4 rings (SSSR count). The Kier molecular flexibility index (Phi) is 3.80. The average molecular weight is 343 g/mol. The van der Waals surface area contributed by atoms with Crippen LogP contribution in [0.4, 0.5) is 4.79 Å². The Balaban J connectivity index is 1.67. The van der Waals surface area contributed by atoms with E-state index in [4.69, 9.17) is 14.2 Å². The lowest BCUT2D eigenvalue weighted by atomic mass is 9.96. The van der Waals surface area contributed by atoms with E-state index in [1.54, 1.807) is 6.08 Å². The van der Waals surface area contributed by atoms with Gasteiger partial charge in [-0.1, -0.05) is 30.3 Å². The Morgan fingerprint density at radius 2 is 2.00 bits per heavy atom. The van der Waals surface area contributed by atoms with Crippen molar-refractivity contribution in [2.45, 2.75) is 30.7 Å². The number of Topliss-reactive ketones (excluding diaryl/α,β-unsaturated/α-hetero) is 1. The maximum Gasteiger partial charge on any atom is 0.411 e. The van der Waals surface area contributed by atoms with Crippen LogP contribution < -0.4 is 0 Å². The number of carbonyl (C=O) groups excluding carboxylic acids is 3. The molecule has 1 amide bonds. The molecule has 0 radical (unpaired) electrons. The predicted octanol–water partition coefficient (Wildman–Crippen LogP) is 1.39. The number of esters is 1. The summed E-state index contributed by atoms with van der Waals surface area (Å²) in [5, 5.41) is 0. The number of rotatable bonds is 3. The van der Waals surface area contributed by atoms with Crippen molar-refractivity contribution in [1.82, 2.24) is 4.90 Å². The lowest BCUT2D eigenvalue weighted by Gasteiger charge is -2.36. The monoisotopic (exact) mass is 343 g/mol. The Bertz CT molecular complexity index is 758. The predicted molar refractivity (Wildman–Crippen MR) is 84.5 cm³/mol. The second-order valence-corrected chi connectivity index (χ2v) is 6.23. The van der Waals surface area contributed by atoms with Crippen LogP contribution in [0.5, 0.6) is 0 Å². The minimum absolute atomic E-state index is 0.0351. The summed E-state index contributed by atoms with van der Waals surface area (Å²) in [6, 6.07) is 8.24. The number of hydrogen-bond acceptors (Lipinski definition) is 6. The molecule has 2 saturated heterocycles. The highest BCUT2D eigenvalue weighted by Crippen LogP contribution is 2.38. The molecular formula is C18H17NO6. The quantitative estimate of drug-likeness (QED) is 0.772. The van der Waals surface area contributed by atoms with E-state index in [9.17, 15) is 14.4 Å². The van der Waals surface area contributed by atoms with Gasteiger partial charge in [-0.25, -0.2) is 9.59 Å². The van der Waals surface area contributed by atoms with Crippen molar-refractivity contribution in [3.8, 4) is 0 Å². The summed E-state index contributed by atoms with van der Waals surface area (Å²) >= 11 is 0. The first-order valence-corrected chi connectivity index (χ1v) is 8.08. The number of ketones is 1. The van der Waals surface area contributed by atoms with Gasteiger partial charge in [-0.15, -0.1) is 0 Å². The summed E-state index contributed by atoms with van der Waals surface area (Å²) in [6.07, 6.45) is -0.186. The fourth-order valence-corrected chi connectivity index (χ4v) is 3.70. The SMILES string of the molecule is COC(=O)C1=C[C@@H]2O[C@H]1CC(=O)C2N1C(=O)OC[C@H]1c1ccccc1.